The van der Waals surface area contributed by atoms with E-state index in [4.69, 9.17) is 19.9 Å². The van der Waals surface area contributed by atoms with Gasteiger partial charge >= 0.3 is 5.97 Å². The predicted octanol–water partition coefficient (Wildman–Crippen LogP) is -0.855. The highest BCUT2D eigenvalue weighted by Gasteiger charge is 2.45. The minimum Gasteiger partial charge on any atom is -0.461 e. The van der Waals surface area contributed by atoms with Crippen LogP contribution < -0.4 is 5.73 Å². The van der Waals surface area contributed by atoms with Crippen LogP contribution >= 0.6 is 0 Å². The molecule has 1 aliphatic rings. The molecule has 1 fully saturated rings. The Hall–Kier alpha value is -2.86. The van der Waals surface area contributed by atoms with E-state index in [-0.39, 0.29) is 19.0 Å². The average molecular weight is 406 g/mol. The Kier molecular flexibility index (Phi) is 6.54. The summed E-state index contributed by atoms with van der Waals surface area (Å²) in [7, 11) is 0. The summed E-state index contributed by atoms with van der Waals surface area (Å²) in [6.07, 6.45) is -4.50. The minimum absolute atomic E-state index is 0.245. The number of rotatable bonds is 8. The molecular weight excluding hydrogens is 384 g/mol. The number of aliphatic hydroxyl groups excluding tert-OH is 2. The SMILES string of the molecule is CC(OCc1ccccc1)C(=O)OCC1OC(n2cnc(C(N)=O)n2)[C@H](O)C1O. The standard InChI is InChI=1S/C18H22N4O7/c1-10(27-7-11-5-3-2-4-6-11)18(26)28-8-12-13(23)14(24)17(29-12)22-9-20-16(21-22)15(19)25/h2-6,9-10,12-14,17,23-24H,7-8H2,1H3,(H2,19,25)/t10?,12?,13?,14-,17?/m1/s1. The first kappa shape index (κ1) is 20.9. The van der Waals surface area contributed by atoms with Crippen LogP contribution in [0.1, 0.15) is 29.3 Å². The summed E-state index contributed by atoms with van der Waals surface area (Å²) in [5, 5.41) is 24.1. The highest BCUT2D eigenvalue weighted by Crippen LogP contribution is 2.29. The molecule has 1 aromatic carbocycles. The van der Waals surface area contributed by atoms with Crippen molar-refractivity contribution in [3.63, 3.8) is 0 Å². The van der Waals surface area contributed by atoms with Gasteiger partial charge in [-0.3, -0.25) is 4.79 Å². The maximum atomic E-state index is 12.1. The number of hydrogen-bond acceptors (Lipinski definition) is 9. The van der Waals surface area contributed by atoms with E-state index in [1.165, 1.54) is 0 Å². The third kappa shape index (κ3) is 4.95. The fourth-order valence-corrected chi connectivity index (χ4v) is 2.74. The molecule has 2 heterocycles. The van der Waals surface area contributed by atoms with Crippen molar-refractivity contribution in [3.8, 4) is 0 Å². The number of benzene rings is 1. The van der Waals surface area contributed by atoms with Gasteiger partial charge in [-0.25, -0.2) is 14.5 Å². The predicted molar refractivity (Wildman–Crippen MR) is 96.1 cm³/mol. The van der Waals surface area contributed by atoms with Crippen molar-refractivity contribution in [1.29, 1.82) is 0 Å². The van der Waals surface area contributed by atoms with Gasteiger partial charge in [0.15, 0.2) is 12.3 Å². The van der Waals surface area contributed by atoms with Crippen LogP contribution in [0.4, 0.5) is 0 Å². The topological polar surface area (TPSA) is 159 Å². The summed E-state index contributed by atoms with van der Waals surface area (Å²) in [4.78, 5) is 26.9. The monoisotopic (exact) mass is 406 g/mol. The largest absolute Gasteiger partial charge is 0.461 e. The van der Waals surface area contributed by atoms with Crippen LogP contribution in [0.15, 0.2) is 36.7 Å². The van der Waals surface area contributed by atoms with E-state index in [0.29, 0.717) is 0 Å². The molecule has 0 bridgehead atoms. The van der Waals surface area contributed by atoms with Crippen LogP contribution in [-0.4, -0.2) is 67.9 Å². The molecule has 2 aromatic rings. The number of carbonyl (C=O) groups excluding carboxylic acids is 2. The van der Waals surface area contributed by atoms with Crippen molar-refractivity contribution in [1.82, 2.24) is 14.8 Å². The van der Waals surface area contributed by atoms with Gasteiger partial charge in [-0.1, -0.05) is 30.3 Å². The van der Waals surface area contributed by atoms with Gasteiger partial charge in [0.2, 0.25) is 5.82 Å². The number of aliphatic hydroxyl groups is 2. The van der Waals surface area contributed by atoms with Crippen molar-refractivity contribution in [2.75, 3.05) is 6.61 Å². The first-order valence-corrected chi connectivity index (χ1v) is 8.91. The molecule has 0 aliphatic carbocycles. The second-order valence-corrected chi connectivity index (χ2v) is 6.53. The molecule has 0 spiro atoms. The summed E-state index contributed by atoms with van der Waals surface area (Å²) in [6.45, 7) is 1.49. The molecule has 29 heavy (non-hydrogen) atoms. The number of nitrogens with two attached hydrogens (primary N) is 1. The van der Waals surface area contributed by atoms with E-state index in [0.717, 1.165) is 16.6 Å². The lowest BCUT2D eigenvalue weighted by atomic mass is 10.1. The highest BCUT2D eigenvalue weighted by atomic mass is 16.6. The van der Waals surface area contributed by atoms with Gasteiger partial charge < -0.3 is 30.2 Å². The van der Waals surface area contributed by atoms with Gasteiger partial charge in [-0.2, -0.15) is 0 Å². The smallest absolute Gasteiger partial charge is 0.335 e. The van der Waals surface area contributed by atoms with E-state index in [1.807, 2.05) is 30.3 Å². The van der Waals surface area contributed by atoms with Gasteiger partial charge in [-0.05, 0) is 12.5 Å². The second kappa shape index (κ2) is 9.09. The molecule has 1 aromatic heterocycles. The lowest BCUT2D eigenvalue weighted by Crippen LogP contribution is -2.35. The minimum atomic E-state index is -1.37. The van der Waals surface area contributed by atoms with Crippen LogP contribution in [0.25, 0.3) is 0 Å². The Bertz CT molecular complexity index is 844. The summed E-state index contributed by atoms with van der Waals surface area (Å²) in [5.74, 6) is -1.73. The zero-order chi connectivity index (χ0) is 21.0. The molecule has 1 amide bonds. The van der Waals surface area contributed by atoms with Crippen molar-refractivity contribution in [3.05, 3.63) is 48.0 Å². The lowest BCUT2D eigenvalue weighted by molar-refractivity contribution is -0.163. The number of aromatic nitrogens is 3. The average Bonchev–Trinajstić information content (AvgIpc) is 3.31. The van der Waals surface area contributed by atoms with Crippen LogP contribution in [0.2, 0.25) is 0 Å². The molecule has 11 heteroatoms. The van der Waals surface area contributed by atoms with Gasteiger partial charge in [0.25, 0.3) is 5.91 Å². The Balaban J connectivity index is 1.50. The molecule has 5 atom stereocenters. The highest BCUT2D eigenvalue weighted by molar-refractivity contribution is 5.88. The number of hydrogen-bond donors (Lipinski definition) is 3. The van der Waals surface area contributed by atoms with E-state index >= 15 is 0 Å². The third-order valence-corrected chi connectivity index (χ3v) is 4.39. The van der Waals surface area contributed by atoms with Gasteiger partial charge in [0, 0.05) is 0 Å². The Morgan fingerprint density at radius 1 is 1.28 bits per heavy atom. The van der Waals surface area contributed by atoms with Gasteiger partial charge in [0.1, 0.15) is 31.2 Å². The van der Waals surface area contributed by atoms with Crippen LogP contribution in [0.3, 0.4) is 0 Å². The number of amides is 1. The molecule has 1 aliphatic heterocycles. The Morgan fingerprint density at radius 3 is 2.66 bits per heavy atom. The maximum Gasteiger partial charge on any atom is 0.335 e. The van der Waals surface area contributed by atoms with Crippen molar-refractivity contribution in [2.45, 2.75) is 44.2 Å². The number of primary amides is 1. The number of esters is 1. The molecule has 11 nitrogen and oxygen atoms in total. The molecule has 3 rings (SSSR count). The number of carbonyl (C=O) groups is 2. The van der Waals surface area contributed by atoms with Crippen LogP contribution in [0.5, 0.6) is 0 Å². The first-order valence-electron chi connectivity index (χ1n) is 8.91. The molecule has 4 unspecified atom stereocenters. The molecule has 4 N–H and O–H groups in total. The summed E-state index contributed by atoms with van der Waals surface area (Å²) in [5.41, 5.74) is 6.00. The van der Waals surface area contributed by atoms with Crippen LogP contribution in [-0.2, 0) is 25.6 Å². The number of nitrogens with zero attached hydrogens (tertiary/aromatic N) is 3. The Labute approximate surface area is 166 Å². The zero-order valence-corrected chi connectivity index (χ0v) is 15.6. The van der Waals surface area contributed by atoms with E-state index in [9.17, 15) is 19.8 Å². The molecule has 0 radical (unpaired) electrons. The summed E-state index contributed by atoms with van der Waals surface area (Å²) >= 11 is 0. The Morgan fingerprint density at radius 2 is 2.00 bits per heavy atom. The van der Waals surface area contributed by atoms with Crippen LogP contribution in [0, 0.1) is 0 Å². The molecule has 1 saturated heterocycles. The van der Waals surface area contributed by atoms with E-state index in [1.54, 1.807) is 6.92 Å². The summed E-state index contributed by atoms with van der Waals surface area (Å²) in [6, 6.07) is 9.35. The molecule has 156 valence electrons. The molecular formula is C18H22N4O7. The second-order valence-electron chi connectivity index (χ2n) is 6.53. The van der Waals surface area contributed by atoms with E-state index in [2.05, 4.69) is 10.1 Å². The van der Waals surface area contributed by atoms with Gasteiger partial charge in [0.05, 0.1) is 6.61 Å². The fourth-order valence-electron chi connectivity index (χ4n) is 2.74. The van der Waals surface area contributed by atoms with Gasteiger partial charge in [-0.15, -0.1) is 5.10 Å². The third-order valence-electron chi connectivity index (χ3n) is 4.39. The van der Waals surface area contributed by atoms with Crippen molar-refractivity contribution >= 4 is 11.9 Å². The normalized spacial score (nSPS) is 24.9. The number of ether oxygens (including phenoxy) is 3. The van der Waals surface area contributed by atoms with Crippen molar-refractivity contribution in [2.24, 2.45) is 5.73 Å². The summed E-state index contributed by atoms with van der Waals surface area (Å²) < 4.78 is 17.2. The quantitative estimate of drug-likeness (QED) is 0.474. The fraction of sp³-hybridized carbons (Fsp3) is 0.444. The van der Waals surface area contributed by atoms with E-state index < -0.39 is 42.5 Å². The molecule has 0 saturated carbocycles. The first-order chi connectivity index (χ1) is 13.9. The zero-order valence-electron chi connectivity index (χ0n) is 15.6. The lowest BCUT2D eigenvalue weighted by Gasteiger charge is -2.17. The van der Waals surface area contributed by atoms with Crippen molar-refractivity contribution < 1.29 is 34.0 Å². The maximum absolute atomic E-state index is 12.1.